The highest BCUT2D eigenvalue weighted by Gasteiger charge is 2.11. The fourth-order valence-electron chi connectivity index (χ4n) is 2.20. The van der Waals surface area contributed by atoms with Gasteiger partial charge in [-0.25, -0.2) is 9.97 Å². The van der Waals surface area contributed by atoms with E-state index >= 15 is 0 Å². The second-order valence-electron chi connectivity index (χ2n) is 5.65. The van der Waals surface area contributed by atoms with E-state index in [4.69, 9.17) is 0 Å². The molecule has 0 amide bonds. The summed E-state index contributed by atoms with van der Waals surface area (Å²) in [4.78, 5) is 13.5. The van der Waals surface area contributed by atoms with Crippen LogP contribution in [0.1, 0.15) is 20.8 Å². The fraction of sp³-hybridized carbons (Fsp3) is 0.375. The summed E-state index contributed by atoms with van der Waals surface area (Å²) in [6.07, 6.45) is 7.30. The SMILES string of the molecule is CCn1cc(-c2nc(NCC(C)C)c3ccncc3n2)cn1. The lowest BCUT2D eigenvalue weighted by Gasteiger charge is -2.11. The molecule has 0 spiro atoms. The molecule has 0 unspecified atom stereocenters. The highest BCUT2D eigenvalue weighted by Crippen LogP contribution is 2.24. The summed E-state index contributed by atoms with van der Waals surface area (Å²) in [7, 11) is 0. The van der Waals surface area contributed by atoms with Gasteiger partial charge in [0.25, 0.3) is 0 Å². The second-order valence-corrected chi connectivity index (χ2v) is 5.65. The predicted molar refractivity (Wildman–Crippen MR) is 87.6 cm³/mol. The lowest BCUT2D eigenvalue weighted by Crippen LogP contribution is -2.10. The number of nitrogens with zero attached hydrogens (tertiary/aromatic N) is 5. The van der Waals surface area contributed by atoms with E-state index in [0.717, 1.165) is 35.4 Å². The summed E-state index contributed by atoms with van der Waals surface area (Å²) in [6.45, 7) is 8.08. The molecule has 6 heteroatoms. The van der Waals surface area contributed by atoms with Crippen LogP contribution in [-0.4, -0.2) is 31.3 Å². The van der Waals surface area contributed by atoms with E-state index in [1.165, 1.54) is 0 Å². The molecule has 0 radical (unpaired) electrons. The van der Waals surface area contributed by atoms with E-state index in [1.54, 1.807) is 18.6 Å². The van der Waals surface area contributed by atoms with Gasteiger partial charge in [0.1, 0.15) is 5.82 Å². The van der Waals surface area contributed by atoms with Crippen LogP contribution in [0.2, 0.25) is 0 Å². The van der Waals surface area contributed by atoms with Crippen LogP contribution in [0.5, 0.6) is 0 Å². The Hall–Kier alpha value is -2.50. The van der Waals surface area contributed by atoms with Crippen LogP contribution in [0.3, 0.4) is 0 Å². The van der Waals surface area contributed by atoms with Crippen LogP contribution < -0.4 is 5.32 Å². The summed E-state index contributed by atoms with van der Waals surface area (Å²) in [5.41, 5.74) is 1.75. The molecule has 0 fully saturated rings. The third-order valence-electron chi connectivity index (χ3n) is 3.39. The quantitative estimate of drug-likeness (QED) is 0.784. The minimum atomic E-state index is 0.540. The van der Waals surface area contributed by atoms with Crippen LogP contribution >= 0.6 is 0 Å². The first kappa shape index (κ1) is 14.4. The maximum Gasteiger partial charge on any atom is 0.165 e. The van der Waals surface area contributed by atoms with Crippen LogP contribution in [0.15, 0.2) is 30.9 Å². The maximum atomic E-state index is 4.69. The normalized spacial score (nSPS) is 11.3. The van der Waals surface area contributed by atoms with Crippen molar-refractivity contribution in [1.29, 1.82) is 0 Å². The van der Waals surface area contributed by atoms with Crippen molar-refractivity contribution >= 4 is 16.7 Å². The van der Waals surface area contributed by atoms with E-state index in [-0.39, 0.29) is 0 Å². The molecule has 0 bridgehead atoms. The van der Waals surface area contributed by atoms with Crippen molar-refractivity contribution in [2.24, 2.45) is 5.92 Å². The standard InChI is InChI=1S/C16H20N6/c1-4-22-10-12(8-19-22)15-20-14-9-17-6-5-13(14)16(21-15)18-7-11(2)3/h5-6,8-11H,4,7H2,1-3H3,(H,18,20,21). The average Bonchev–Trinajstić information content (AvgIpc) is 3.01. The zero-order valence-electron chi connectivity index (χ0n) is 13.1. The number of pyridine rings is 1. The molecule has 0 aromatic carbocycles. The van der Waals surface area contributed by atoms with Crippen LogP contribution in [0, 0.1) is 5.92 Å². The van der Waals surface area contributed by atoms with E-state index in [0.29, 0.717) is 11.7 Å². The molecule has 0 saturated carbocycles. The summed E-state index contributed by atoms with van der Waals surface area (Å²) in [5, 5.41) is 8.70. The number of hydrogen-bond donors (Lipinski definition) is 1. The Morgan fingerprint density at radius 3 is 2.82 bits per heavy atom. The molecule has 6 nitrogen and oxygen atoms in total. The van der Waals surface area contributed by atoms with Crippen molar-refractivity contribution in [3.63, 3.8) is 0 Å². The molecule has 3 aromatic heterocycles. The topological polar surface area (TPSA) is 68.5 Å². The molecular formula is C16H20N6. The Morgan fingerprint density at radius 2 is 2.09 bits per heavy atom. The van der Waals surface area contributed by atoms with Crippen molar-refractivity contribution in [3.05, 3.63) is 30.9 Å². The molecular weight excluding hydrogens is 276 g/mol. The molecule has 3 aromatic rings. The highest BCUT2D eigenvalue weighted by molar-refractivity contribution is 5.89. The lowest BCUT2D eigenvalue weighted by atomic mass is 10.2. The molecule has 114 valence electrons. The first-order valence-corrected chi connectivity index (χ1v) is 7.56. The summed E-state index contributed by atoms with van der Waals surface area (Å²) < 4.78 is 1.87. The minimum Gasteiger partial charge on any atom is -0.369 e. The Bertz CT molecular complexity index is 777. The summed E-state index contributed by atoms with van der Waals surface area (Å²) in [6, 6.07) is 1.94. The third-order valence-corrected chi connectivity index (χ3v) is 3.39. The number of anilines is 1. The number of rotatable bonds is 5. The molecule has 0 saturated heterocycles. The first-order valence-electron chi connectivity index (χ1n) is 7.56. The lowest BCUT2D eigenvalue weighted by molar-refractivity contribution is 0.660. The van der Waals surface area contributed by atoms with Gasteiger partial charge in [0.15, 0.2) is 5.82 Å². The predicted octanol–water partition coefficient (Wildman–Crippen LogP) is 2.98. The van der Waals surface area contributed by atoms with Crippen molar-refractivity contribution < 1.29 is 0 Å². The van der Waals surface area contributed by atoms with Crippen molar-refractivity contribution in [2.75, 3.05) is 11.9 Å². The molecule has 0 aliphatic rings. The van der Waals surface area contributed by atoms with Gasteiger partial charge in [-0.15, -0.1) is 0 Å². The van der Waals surface area contributed by atoms with Crippen LogP contribution in [0.25, 0.3) is 22.3 Å². The molecule has 0 aliphatic heterocycles. The fourth-order valence-corrected chi connectivity index (χ4v) is 2.20. The van der Waals surface area contributed by atoms with Crippen molar-refractivity contribution in [3.8, 4) is 11.4 Å². The van der Waals surface area contributed by atoms with E-state index in [1.807, 2.05) is 16.9 Å². The first-order chi connectivity index (χ1) is 10.7. The van der Waals surface area contributed by atoms with Gasteiger partial charge in [-0.2, -0.15) is 5.10 Å². The van der Waals surface area contributed by atoms with Gasteiger partial charge >= 0.3 is 0 Å². The zero-order chi connectivity index (χ0) is 15.5. The van der Waals surface area contributed by atoms with Gasteiger partial charge in [-0.3, -0.25) is 9.67 Å². The smallest absolute Gasteiger partial charge is 0.165 e. The molecule has 0 aliphatic carbocycles. The van der Waals surface area contributed by atoms with Crippen molar-refractivity contribution in [1.82, 2.24) is 24.7 Å². The Morgan fingerprint density at radius 1 is 1.23 bits per heavy atom. The average molecular weight is 296 g/mol. The number of hydrogen-bond acceptors (Lipinski definition) is 5. The Labute approximate surface area is 129 Å². The van der Waals surface area contributed by atoms with E-state index in [2.05, 4.69) is 46.1 Å². The van der Waals surface area contributed by atoms with Gasteiger partial charge in [0, 0.05) is 30.9 Å². The molecule has 0 atom stereocenters. The highest BCUT2D eigenvalue weighted by atomic mass is 15.3. The maximum absolute atomic E-state index is 4.69. The molecule has 1 N–H and O–H groups in total. The third kappa shape index (κ3) is 2.90. The minimum absolute atomic E-state index is 0.540. The molecule has 3 rings (SSSR count). The second kappa shape index (κ2) is 6.09. The van der Waals surface area contributed by atoms with Gasteiger partial charge < -0.3 is 5.32 Å². The Balaban J connectivity index is 2.07. The molecule has 22 heavy (non-hydrogen) atoms. The number of nitrogens with one attached hydrogen (secondary N) is 1. The monoisotopic (exact) mass is 296 g/mol. The largest absolute Gasteiger partial charge is 0.369 e. The van der Waals surface area contributed by atoms with Gasteiger partial charge in [0.2, 0.25) is 0 Å². The molecule has 3 heterocycles. The summed E-state index contributed by atoms with van der Waals surface area (Å²) in [5.74, 6) is 2.06. The Kier molecular flexibility index (Phi) is 4.00. The zero-order valence-corrected chi connectivity index (χ0v) is 13.1. The number of aryl methyl sites for hydroxylation is 1. The van der Waals surface area contributed by atoms with E-state index < -0.39 is 0 Å². The van der Waals surface area contributed by atoms with Gasteiger partial charge in [0.05, 0.1) is 23.5 Å². The van der Waals surface area contributed by atoms with Gasteiger partial charge in [-0.1, -0.05) is 13.8 Å². The van der Waals surface area contributed by atoms with Crippen molar-refractivity contribution in [2.45, 2.75) is 27.3 Å². The van der Waals surface area contributed by atoms with Crippen LogP contribution in [0.4, 0.5) is 5.82 Å². The van der Waals surface area contributed by atoms with Crippen LogP contribution in [-0.2, 0) is 6.54 Å². The van der Waals surface area contributed by atoms with Gasteiger partial charge in [-0.05, 0) is 18.9 Å². The summed E-state index contributed by atoms with van der Waals surface area (Å²) >= 11 is 0. The van der Waals surface area contributed by atoms with E-state index in [9.17, 15) is 0 Å². The number of aromatic nitrogens is 5. The number of fused-ring (bicyclic) bond motifs is 1.